The average Bonchev–Trinajstić information content (AvgIpc) is 3.33. The second kappa shape index (κ2) is 11.6. The number of hydrogen-bond acceptors (Lipinski definition) is 8. The van der Waals surface area contributed by atoms with Gasteiger partial charge in [0.15, 0.2) is 5.16 Å². The number of rotatable bonds is 11. The van der Waals surface area contributed by atoms with E-state index < -0.39 is 0 Å². The molecule has 0 unspecified atom stereocenters. The van der Waals surface area contributed by atoms with Crippen molar-refractivity contribution in [3.8, 4) is 11.4 Å². The maximum absolute atomic E-state index is 13.3. The van der Waals surface area contributed by atoms with E-state index in [4.69, 9.17) is 9.51 Å². The molecule has 35 heavy (non-hydrogen) atoms. The van der Waals surface area contributed by atoms with Crippen LogP contribution in [0.2, 0.25) is 0 Å². The number of fused-ring (bicyclic) bond motifs is 1. The maximum atomic E-state index is 13.3. The van der Waals surface area contributed by atoms with Crippen LogP contribution in [-0.2, 0) is 13.0 Å². The van der Waals surface area contributed by atoms with Crippen LogP contribution in [0.5, 0.6) is 0 Å². The summed E-state index contributed by atoms with van der Waals surface area (Å²) in [5.74, 6) is 1.96. The van der Waals surface area contributed by atoms with Gasteiger partial charge in [0, 0.05) is 55.3 Å². The number of para-hydroxylation sites is 1. The number of hydrogen-bond donors (Lipinski definition) is 0. The van der Waals surface area contributed by atoms with E-state index in [1.54, 1.807) is 24.2 Å². The highest BCUT2D eigenvalue weighted by atomic mass is 32.2. The lowest BCUT2D eigenvalue weighted by Gasteiger charge is -2.30. The summed E-state index contributed by atoms with van der Waals surface area (Å²) in [6, 6.07) is 12.1. The minimum absolute atomic E-state index is 0.0180. The number of aromatic nitrogens is 5. The Morgan fingerprint density at radius 3 is 2.51 bits per heavy atom. The Balaban J connectivity index is 1.45. The smallest absolute Gasteiger partial charge is 0.262 e. The lowest BCUT2D eigenvalue weighted by molar-refractivity contribution is 0.166. The summed E-state index contributed by atoms with van der Waals surface area (Å²) in [7, 11) is 0. The van der Waals surface area contributed by atoms with Crippen LogP contribution < -0.4 is 5.56 Å². The Kier molecular flexibility index (Phi) is 8.30. The third-order valence-electron chi connectivity index (χ3n) is 5.91. The van der Waals surface area contributed by atoms with Crippen molar-refractivity contribution in [3.63, 3.8) is 0 Å². The molecule has 0 amide bonds. The first-order chi connectivity index (χ1) is 16.9. The summed E-state index contributed by atoms with van der Waals surface area (Å²) >= 11 is 1.60. The Morgan fingerprint density at radius 1 is 1.03 bits per heavy atom. The quantitative estimate of drug-likeness (QED) is 0.169. The predicted molar refractivity (Wildman–Crippen MR) is 140 cm³/mol. The van der Waals surface area contributed by atoms with E-state index in [1.165, 1.54) is 0 Å². The molecule has 4 aromatic rings. The minimum Gasteiger partial charge on any atom is -0.339 e. The zero-order chi connectivity index (χ0) is 24.8. The molecule has 0 spiro atoms. The monoisotopic (exact) mass is 492 g/mol. The molecule has 0 atom stereocenters. The Morgan fingerprint density at radius 2 is 1.77 bits per heavy atom. The highest BCUT2D eigenvalue weighted by molar-refractivity contribution is 7.99. The zero-order valence-corrected chi connectivity index (χ0v) is 21.5. The molecule has 0 saturated carbocycles. The van der Waals surface area contributed by atoms with E-state index in [2.05, 4.69) is 47.7 Å². The van der Waals surface area contributed by atoms with Gasteiger partial charge in [0.25, 0.3) is 5.56 Å². The fourth-order valence-corrected chi connectivity index (χ4v) is 5.11. The number of thioether (sulfide) groups is 1. The highest BCUT2D eigenvalue weighted by Gasteiger charge is 2.17. The van der Waals surface area contributed by atoms with Crippen LogP contribution in [-0.4, -0.2) is 54.0 Å². The average molecular weight is 493 g/mol. The van der Waals surface area contributed by atoms with E-state index in [0.717, 1.165) is 35.0 Å². The van der Waals surface area contributed by atoms with Gasteiger partial charge in [0.05, 0.1) is 10.9 Å². The van der Waals surface area contributed by atoms with Crippen molar-refractivity contribution < 1.29 is 4.52 Å². The third-order valence-corrected chi connectivity index (χ3v) is 6.97. The molecule has 0 bridgehead atoms. The highest BCUT2D eigenvalue weighted by Crippen LogP contribution is 2.21. The van der Waals surface area contributed by atoms with Crippen LogP contribution >= 0.6 is 11.8 Å². The molecule has 3 aromatic heterocycles. The SMILES string of the molecule is CC(C)N(CCn1c(SCCCc2nc(-c3ccncc3)no2)nc2ccccc2c1=O)C(C)C. The van der Waals surface area contributed by atoms with Gasteiger partial charge in [-0.15, -0.1) is 0 Å². The van der Waals surface area contributed by atoms with Crippen molar-refractivity contribution in [2.45, 2.75) is 64.3 Å². The molecular weight excluding hydrogens is 460 g/mol. The first-order valence-corrected chi connectivity index (χ1v) is 13.0. The van der Waals surface area contributed by atoms with E-state index in [1.807, 2.05) is 41.0 Å². The number of nitrogens with zero attached hydrogens (tertiary/aromatic N) is 6. The second-order valence-electron chi connectivity index (χ2n) is 8.99. The van der Waals surface area contributed by atoms with Crippen molar-refractivity contribution in [1.82, 2.24) is 29.6 Å². The molecule has 3 heterocycles. The maximum Gasteiger partial charge on any atom is 0.262 e. The Hall–Kier alpha value is -3.04. The molecular formula is C26H32N6O2S. The minimum atomic E-state index is 0.0180. The van der Waals surface area contributed by atoms with Crippen LogP contribution in [0, 0.1) is 0 Å². The standard InChI is InChI=1S/C26H32N6O2S/c1-18(2)31(19(3)4)15-16-32-25(33)21-8-5-6-9-22(21)28-26(32)35-17-7-10-23-29-24(30-34-23)20-11-13-27-14-12-20/h5-6,8-9,11-14,18-19H,7,10,15-17H2,1-4H3. The van der Waals surface area contributed by atoms with Crippen LogP contribution in [0.3, 0.4) is 0 Å². The summed E-state index contributed by atoms with van der Waals surface area (Å²) in [6.07, 6.45) is 4.91. The Bertz CT molecular complexity index is 1290. The van der Waals surface area contributed by atoms with Crippen molar-refractivity contribution in [1.29, 1.82) is 0 Å². The summed E-state index contributed by atoms with van der Waals surface area (Å²) in [6.45, 7) is 10.2. The molecule has 0 fully saturated rings. The number of pyridine rings is 1. The van der Waals surface area contributed by atoms with Gasteiger partial charge in [0.1, 0.15) is 0 Å². The second-order valence-corrected chi connectivity index (χ2v) is 10.1. The van der Waals surface area contributed by atoms with E-state index in [0.29, 0.717) is 42.2 Å². The Labute approximate surface area is 209 Å². The topological polar surface area (TPSA) is 89.9 Å². The molecule has 0 N–H and O–H groups in total. The van der Waals surface area contributed by atoms with Crippen LogP contribution in [0.4, 0.5) is 0 Å². The summed E-state index contributed by atoms with van der Waals surface area (Å²) in [5, 5.41) is 5.48. The van der Waals surface area contributed by atoms with Gasteiger partial charge in [-0.2, -0.15) is 4.98 Å². The van der Waals surface area contributed by atoms with Gasteiger partial charge in [-0.25, -0.2) is 4.98 Å². The van der Waals surface area contributed by atoms with Crippen molar-refractivity contribution in [3.05, 3.63) is 65.0 Å². The lowest BCUT2D eigenvalue weighted by atomic mass is 10.2. The summed E-state index contributed by atoms with van der Waals surface area (Å²) in [4.78, 5) is 29.1. The fraction of sp³-hybridized carbons (Fsp3) is 0.423. The largest absolute Gasteiger partial charge is 0.339 e. The molecule has 1 aromatic carbocycles. The van der Waals surface area contributed by atoms with Gasteiger partial charge in [-0.3, -0.25) is 19.2 Å². The molecule has 8 nitrogen and oxygen atoms in total. The molecule has 184 valence electrons. The summed E-state index contributed by atoms with van der Waals surface area (Å²) in [5.41, 5.74) is 1.63. The molecule has 9 heteroatoms. The van der Waals surface area contributed by atoms with Crippen molar-refractivity contribution in [2.75, 3.05) is 12.3 Å². The van der Waals surface area contributed by atoms with Gasteiger partial charge in [0.2, 0.25) is 11.7 Å². The lowest BCUT2D eigenvalue weighted by Crippen LogP contribution is -2.40. The van der Waals surface area contributed by atoms with Crippen molar-refractivity contribution in [2.24, 2.45) is 0 Å². The predicted octanol–water partition coefficient (Wildman–Crippen LogP) is 4.69. The molecule has 0 radical (unpaired) electrons. The number of aryl methyl sites for hydroxylation is 1. The zero-order valence-electron chi connectivity index (χ0n) is 20.7. The van der Waals surface area contributed by atoms with Crippen molar-refractivity contribution >= 4 is 22.7 Å². The van der Waals surface area contributed by atoms with Gasteiger partial charge in [-0.05, 0) is 58.4 Å². The molecule has 0 aliphatic carbocycles. The first kappa shape index (κ1) is 25.1. The first-order valence-electron chi connectivity index (χ1n) is 12.0. The van der Waals surface area contributed by atoms with E-state index in [9.17, 15) is 4.79 Å². The van der Waals surface area contributed by atoms with Crippen LogP contribution in [0.25, 0.3) is 22.3 Å². The van der Waals surface area contributed by atoms with E-state index >= 15 is 0 Å². The van der Waals surface area contributed by atoms with Crippen LogP contribution in [0.1, 0.15) is 40.0 Å². The van der Waals surface area contributed by atoms with Crippen LogP contribution in [0.15, 0.2) is 63.3 Å². The fourth-order valence-electron chi connectivity index (χ4n) is 4.14. The molecule has 0 aliphatic rings. The molecule has 0 aliphatic heterocycles. The summed E-state index contributed by atoms with van der Waals surface area (Å²) < 4.78 is 7.25. The normalized spacial score (nSPS) is 11.9. The van der Waals surface area contributed by atoms with Gasteiger partial charge < -0.3 is 4.52 Å². The third kappa shape index (κ3) is 6.15. The van der Waals surface area contributed by atoms with Gasteiger partial charge in [-0.1, -0.05) is 29.1 Å². The number of benzene rings is 1. The molecule has 0 saturated heterocycles. The van der Waals surface area contributed by atoms with Gasteiger partial charge >= 0.3 is 0 Å². The van der Waals surface area contributed by atoms with E-state index in [-0.39, 0.29) is 5.56 Å². The molecule has 4 rings (SSSR count).